The van der Waals surface area contributed by atoms with Crippen molar-refractivity contribution in [2.45, 2.75) is 79.2 Å². The van der Waals surface area contributed by atoms with Gasteiger partial charge < -0.3 is 20.1 Å². The third kappa shape index (κ3) is 9.76. The van der Waals surface area contributed by atoms with Crippen LogP contribution in [0.15, 0.2) is 30.3 Å². The molecule has 30 heavy (non-hydrogen) atoms. The number of hydrogen-bond acceptors (Lipinski definition) is 5. The first kappa shape index (κ1) is 25.5. The van der Waals surface area contributed by atoms with E-state index in [4.69, 9.17) is 9.47 Å². The number of carbonyl (C=O) groups excluding carboxylic acids is 3. The van der Waals surface area contributed by atoms with Gasteiger partial charge in [0.05, 0.1) is 0 Å². The number of esters is 1. The second kappa shape index (κ2) is 11.6. The van der Waals surface area contributed by atoms with Gasteiger partial charge in [0.15, 0.2) is 0 Å². The van der Waals surface area contributed by atoms with Crippen molar-refractivity contribution >= 4 is 18.0 Å². The zero-order valence-electron chi connectivity index (χ0n) is 19.2. The van der Waals surface area contributed by atoms with Crippen LogP contribution < -0.4 is 10.6 Å². The van der Waals surface area contributed by atoms with Crippen molar-refractivity contribution in [3.63, 3.8) is 0 Å². The van der Waals surface area contributed by atoms with Crippen LogP contribution in [-0.2, 0) is 25.7 Å². The molecule has 0 aliphatic carbocycles. The van der Waals surface area contributed by atoms with Crippen LogP contribution >= 0.6 is 0 Å². The largest absolute Gasteiger partial charge is 0.458 e. The quantitative estimate of drug-likeness (QED) is 0.593. The zero-order chi connectivity index (χ0) is 22.9. The zero-order valence-corrected chi connectivity index (χ0v) is 19.2. The molecule has 0 saturated heterocycles. The van der Waals surface area contributed by atoms with Crippen molar-refractivity contribution in [3.8, 4) is 0 Å². The van der Waals surface area contributed by atoms with Gasteiger partial charge in [0, 0.05) is 0 Å². The Bertz CT molecular complexity index is 695. The highest BCUT2D eigenvalue weighted by Crippen LogP contribution is 2.14. The molecule has 0 fully saturated rings. The fourth-order valence-corrected chi connectivity index (χ4v) is 2.73. The summed E-state index contributed by atoms with van der Waals surface area (Å²) in [6, 6.07) is 7.65. The van der Waals surface area contributed by atoms with Crippen molar-refractivity contribution in [2.24, 2.45) is 11.8 Å². The number of alkyl carbamates (subject to hydrolysis) is 1. The van der Waals surface area contributed by atoms with E-state index < -0.39 is 35.7 Å². The molecule has 0 bridgehead atoms. The Morgan fingerprint density at radius 1 is 0.967 bits per heavy atom. The molecular weight excluding hydrogens is 384 g/mol. The van der Waals surface area contributed by atoms with Crippen molar-refractivity contribution in [3.05, 3.63) is 35.9 Å². The minimum absolute atomic E-state index is 0.106. The molecule has 0 heterocycles. The second-order valence-electron chi connectivity index (χ2n) is 9.15. The number of carbonyl (C=O) groups is 3. The number of hydrogen-bond donors (Lipinski definition) is 2. The average molecular weight is 421 g/mol. The van der Waals surface area contributed by atoms with E-state index in [1.54, 1.807) is 20.8 Å². The molecule has 0 unspecified atom stereocenters. The van der Waals surface area contributed by atoms with E-state index in [1.165, 1.54) is 0 Å². The number of benzene rings is 1. The van der Waals surface area contributed by atoms with Crippen molar-refractivity contribution < 1.29 is 23.9 Å². The van der Waals surface area contributed by atoms with Crippen LogP contribution in [0.25, 0.3) is 0 Å². The first-order valence-corrected chi connectivity index (χ1v) is 10.4. The van der Waals surface area contributed by atoms with Crippen LogP contribution in [-0.4, -0.2) is 35.7 Å². The highest BCUT2D eigenvalue weighted by atomic mass is 16.6. The summed E-state index contributed by atoms with van der Waals surface area (Å²) in [5.41, 5.74) is 0.188. The maximum atomic E-state index is 12.9. The highest BCUT2D eigenvalue weighted by molar-refractivity contribution is 5.89. The minimum Gasteiger partial charge on any atom is -0.458 e. The molecule has 168 valence electrons. The van der Waals surface area contributed by atoms with Gasteiger partial charge in [-0.1, -0.05) is 58.0 Å². The first-order valence-electron chi connectivity index (χ1n) is 10.4. The van der Waals surface area contributed by atoms with E-state index in [9.17, 15) is 14.4 Å². The predicted molar refractivity (Wildman–Crippen MR) is 116 cm³/mol. The summed E-state index contributed by atoms with van der Waals surface area (Å²) in [4.78, 5) is 37.6. The summed E-state index contributed by atoms with van der Waals surface area (Å²) in [5.74, 6) is -0.964. The van der Waals surface area contributed by atoms with E-state index in [0.717, 1.165) is 5.56 Å². The van der Waals surface area contributed by atoms with Gasteiger partial charge in [-0.15, -0.1) is 0 Å². The smallest absolute Gasteiger partial charge is 0.408 e. The van der Waals surface area contributed by atoms with E-state index in [2.05, 4.69) is 10.6 Å². The Morgan fingerprint density at radius 3 is 2.07 bits per heavy atom. The number of ether oxygens (including phenoxy) is 2. The molecule has 2 N–H and O–H groups in total. The van der Waals surface area contributed by atoms with E-state index in [1.807, 2.05) is 58.0 Å². The molecule has 1 aromatic carbocycles. The predicted octanol–water partition coefficient (Wildman–Crippen LogP) is 3.81. The SMILES string of the molecule is CC(C)C[C@@H](NC(=O)OCc1ccccc1)C(=O)N[C@H](C(=O)OC(C)(C)C)C(C)C. The van der Waals surface area contributed by atoms with Crippen LogP contribution in [0.1, 0.15) is 60.5 Å². The van der Waals surface area contributed by atoms with Crippen molar-refractivity contribution in [2.75, 3.05) is 0 Å². The van der Waals surface area contributed by atoms with Gasteiger partial charge in [0.2, 0.25) is 5.91 Å². The third-order valence-corrected chi connectivity index (χ3v) is 4.15. The molecule has 0 saturated carbocycles. The second-order valence-corrected chi connectivity index (χ2v) is 9.15. The van der Waals surface area contributed by atoms with E-state index in [0.29, 0.717) is 6.42 Å². The molecule has 2 amide bonds. The fraction of sp³-hybridized carbons (Fsp3) is 0.609. The summed E-state index contributed by atoms with van der Waals surface area (Å²) < 4.78 is 10.7. The maximum absolute atomic E-state index is 12.9. The molecule has 0 aromatic heterocycles. The van der Waals surface area contributed by atoms with Crippen LogP contribution in [0.3, 0.4) is 0 Å². The average Bonchev–Trinajstić information content (AvgIpc) is 2.62. The normalized spacial score (nSPS) is 13.5. The molecule has 1 aromatic rings. The van der Waals surface area contributed by atoms with Crippen LogP contribution in [0.4, 0.5) is 4.79 Å². The fourth-order valence-electron chi connectivity index (χ4n) is 2.73. The lowest BCUT2D eigenvalue weighted by Gasteiger charge is -2.28. The Morgan fingerprint density at radius 2 is 1.57 bits per heavy atom. The first-order chi connectivity index (χ1) is 13.9. The Hall–Kier alpha value is -2.57. The van der Waals surface area contributed by atoms with Crippen molar-refractivity contribution in [1.82, 2.24) is 10.6 Å². The molecule has 0 spiro atoms. The van der Waals surface area contributed by atoms with Gasteiger partial charge in [-0.3, -0.25) is 4.79 Å². The molecule has 1 rings (SSSR count). The lowest BCUT2D eigenvalue weighted by molar-refractivity contribution is -0.160. The number of nitrogens with one attached hydrogen (secondary N) is 2. The number of rotatable bonds is 9. The summed E-state index contributed by atoms with van der Waals surface area (Å²) in [5, 5.41) is 5.36. The van der Waals surface area contributed by atoms with E-state index >= 15 is 0 Å². The van der Waals surface area contributed by atoms with Gasteiger partial charge in [-0.2, -0.15) is 0 Å². The van der Waals surface area contributed by atoms with Gasteiger partial charge in [0.25, 0.3) is 0 Å². The molecule has 7 heteroatoms. The molecule has 2 atom stereocenters. The molecule has 0 radical (unpaired) electrons. The Kier molecular flexibility index (Phi) is 9.82. The molecule has 0 aliphatic rings. The topological polar surface area (TPSA) is 93.7 Å². The molecule has 7 nitrogen and oxygen atoms in total. The summed E-state index contributed by atoms with van der Waals surface area (Å²) in [7, 11) is 0. The van der Waals surface area contributed by atoms with Crippen LogP contribution in [0.2, 0.25) is 0 Å². The summed E-state index contributed by atoms with van der Waals surface area (Å²) in [6.07, 6.45) is -0.274. The van der Waals surface area contributed by atoms with Crippen LogP contribution in [0, 0.1) is 11.8 Å². The minimum atomic E-state index is -0.822. The van der Waals surface area contributed by atoms with Crippen LogP contribution in [0.5, 0.6) is 0 Å². The maximum Gasteiger partial charge on any atom is 0.408 e. The summed E-state index contributed by atoms with van der Waals surface area (Å²) >= 11 is 0. The van der Waals surface area contributed by atoms with Gasteiger partial charge in [0.1, 0.15) is 24.3 Å². The summed E-state index contributed by atoms with van der Waals surface area (Å²) in [6.45, 7) is 13.0. The van der Waals surface area contributed by atoms with Crippen molar-refractivity contribution in [1.29, 1.82) is 0 Å². The molecular formula is C23H36N2O5. The monoisotopic (exact) mass is 420 g/mol. The Balaban J connectivity index is 2.78. The Labute approximate surface area is 179 Å². The molecule has 0 aliphatic heterocycles. The lowest BCUT2D eigenvalue weighted by atomic mass is 10.0. The van der Waals surface area contributed by atoms with Gasteiger partial charge in [-0.05, 0) is 44.6 Å². The standard InChI is InChI=1S/C23H36N2O5/c1-15(2)13-18(24-22(28)29-14-17-11-9-8-10-12-17)20(26)25-19(16(3)4)21(27)30-23(5,6)7/h8-12,15-16,18-19H,13-14H2,1-7H3,(H,24,28)(H,25,26)/t18-,19+/m1/s1. The highest BCUT2D eigenvalue weighted by Gasteiger charge is 2.32. The number of amides is 2. The van der Waals surface area contributed by atoms with E-state index in [-0.39, 0.29) is 18.4 Å². The lowest BCUT2D eigenvalue weighted by Crippen LogP contribution is -2.54. The van der Waals surface area contributed by atoms with Gasteiger partial charge >= 0.3 is 12.1 Å². The third-order valence-electron chi connectivity index (χ3n) is 4.15. The van der Waals surface area contributed by atoms with Gasteiger partial charge in [-0.25, -0.2) is 9.59 Å².